The van der Waals surface area contributed by atoms with Crippen molar-refractivity contribution < 1.29 is 21.6 Å². The maximum Gasteiger partial charge on any atom is 0.261 e. The molecule has 0 saturated heterocycles. The Morgan fingerprint density at radius 2 is 1.86 bits per heavy atom. The Hall–Kier alpha value is -1.33. The lowest BCUT2D eigenvalue weighted by Crippen LogP contribution is -2.17. The molecule has 0 saturated carbocycles. The Morgan fingerprint density at radius 1 is 1.29 bits per heavy atom. The second kappa shape index (κ2) is 6.20. The zero-order chi connectivity index (χ0) is 16.4. The van der Waals surface area contributed by atoms with Crippen molar-refractivity contribution in [1.82, 2.24) is 0 Å². The molecule has 0 aliphatic rings. The first-order chi connectivity index (χ1) is 9.49. The van der Waals surface area contributed by atoms with Crippen LogP contribution in [0.1, 0.15) is 16.6 Å². The van der Waals surface area contributed by atoms with Crippen LogP contribution in [0.4, 0.5) is 10.7 Å². The Bertz CT molecular complexity index is 749. The van der Waals surface area contributed by atoms with Gasteiger partial charge >= 0.3 is 0 Å². The van der Waals surface area contributed by atoms with Crippen molar-refractivity contribution in [2.45, 2.75) is 11.8 Å². The number of primary amides is 1. The molecule has 0 aliphatic carbocycles. The molecule has 21 heavy (non-hydrogen) atoms. The van der Waals surface area contributed by atoms with Crippen molar-refractivity contribution >= 4 is 47.6 Å². The molecular formula is C10H17N3O5S3. The molecule has 0 spiro atoms. The number of sulfone groups is 2. The average molecular weight is 355 g/mol. The predicted molar refractivity (Wildman–Crippen MR) is 83.2 cm³/mol. The van der Waals surface area contributed by atoms with Gasteiger partial charge in [-0.25, -0.2) is 16.8 Å². The van der Waals surface area contributed by atoms with E-state index in [2.05, 4.69) is 5.32 Å². The summed E-state index contributed by atoms with van der Waals surface area (Å²) < 4.78 is 46.3. The molecule has 0 fully saturated rings. The summed E-state index contributed by atoms with van der Waals surface area (Å²) in [6, 6.07) is 0. The number of amides is 1. The van der Waals surface area contributed by atoms with Crippen LogP contribution >= 0.6 is 11.3 Å². The van der Waals surface area contributed by atoms with Crippen molar-refractivity contribution in [2.75, 3.05) is 35.4 Å². The number of nitrogens with one attached hydrogen (secondary N) is 1. The monoisotopic (exact) mass is 355 g/mol. The molecule has 0 radical (unpaired) electrons. The topological polar surface area (TPSA) is 149 Å². The fourth-order valence-electron chi connectivity index (χ4n) is 1.56. The molecule has 0 unspecified atom stereocenters. The van der Waals surface area contributed by atoms with Crippen LogP contribution in [0.15, 0.2) is 4.90 Å². The van der Waals surface area contributed by atoms with E-state index in [0.717, 1.165) is 17.6 Å². The van der Waals surface area contributed by atoms with E-state index in [1.807, 2.05) is 0 Å². The molecule has 1 heterocycles. The Kier molecular flexibility index (Phi) is 5.23. The summed E-state index contributed by atoms with van der Waals surface area (Å²) in [6.07, 6.45) is 0.949. The summed E-state index contributed by atoms with van der Waals surface area (Å²) in [5.74, 6) is -1.00. The zero-order valence-corrected chi connectivity index (χ0v) is 14.0. The third kappa shape index (κ3) is 4.32. The number of anilines is 2. The molecular weight excluding hydrogens is 338 g/mol. The fraction of sp³-hybridized carbons (Fsp3) is 0.500. The minimum absolute atomic E-state index is 0.00721. The van der Waals surface area contributed by atoms with Crippen LogP contribution in [0.5, 0.6) is 0 Å². The van der Waals surface area contributed by atoms with E-state index in [0.29, 0.717) is 0 Å². The van der Waals surface area contributed by atoms with Crippen molar-refractivity contribution in [3.05, 3.63) is 4.88 Å². The maximum absolute atomic E-state index is 11.7. The number of carbonyl (C=O) groups excluding carboxylic acids is 1. The lowest BCUT2D eigenvalue weighted by atomic mass is 10.4. The molecule has 1 amide bonds. The number of hydrogen-bond acceptors (Lipinski definition) is 8. The van der Waals surface area contributed by atoms with Crippen LogP contribution in [0.2, 0.25) is 0 Å². The van der Waals surface area contributed by atoms with E-state index in [1.54, 1.807) is 0 Å². The van der Waals surface area contributed by atoms with Crippen LogP contribution in [0.25, 0.3) is 0 Å². The van der Waals surface area contributed by atoms with Gasteiger partial charge in [0.1, 0.15) is 14.8 Å². The summed E-state index contributed by atoms with van der Waals surface area (Å²) >= 11 is 0.795. The fourth-order valence-corrected chi connectivity index (χ4v) is 4.71. The van der Waals surface area contributed by atoms with Gasteiger partial charge in [-0.05, 0) is 0 Å². The molecule has 1 rings (SSSR count). The highest BCUT2D eigenvalue weighted by Crippen LogP contribution is 2.38. The first-order valence-corrected chi connectivity index (χ1v) is 10.4. The molecule has 5 N–H and O–H groups in total. The first kappa shape index (κ1) is 17.7. The average Bonchev–Trinajstić information content (AvgIpc) is 2.66. The van der Waals surface area contributed by atoms with Gasteiger partial charge in [0.05, 0.1) is 11.4 Å². The Labute approximate surface area is 127 Å². The summed E-state index contributed by atoms with van der Waals surface area (Å²) in [6.45, 7) is 1.53. The number of thiophene rings is 1. The van der Waals surface area contributed by atoms with Crippen LogP contribution < -0.4 is 16.8 Å². The highest BCUT2D eigenvalue weighted by Gasteiger charge is 2.26. The summed E-state index contributed by atoms with van der Waals surface area (Å²) in [4.78, 5) is 10.9. The Balaban J connectivity index is 3.13. The van der Waals surface area contributed by atoms with Crippen molar-refractivity contribution in [3.8, 4) is 0 Å². The van der Waals surface area contributed by atoms with E-state index < -0.39 is 25.6 Å². The standard InChI is InChI=1S/C10H17N3O5S3/c1-3-21(17,18)5-4-13-10-8(20(2,15)16)6(11)7(19-10)9(12)14/h13H,3-5,11H2,1-2H3,(H2,12,14). The van der Waals surface area contributed by atoms with Gasteiger partial charge in [0.2, 0.25) is 0 Å². The maximum atomic E-state index is 11.7. The van der Waals surface area contributed by atoms with Gasteiger partial charge in [-0.15, -0.1) is 11.3 Å². The molecule has 0 aromatic carbocycles. The third-order valence-corrected chi connectivity index (χ3v) is 6.81. The van der Waals surface area contributed by atoms with Gasteiger partial charge in [-0.2, -0.15) is 0 Å². The van der Waals surface area contributed by atoms with Crippen molar-refractivity contribution in [1.29, 1.82) is 0 Å². The van der Waals surface area contributed by atoms with Gasteiger partial charge in [-0.3, -0.25) is 4.79 Å². The van der Waals surface area contributed by atoms with Crippen molar-refractivity contribution in [3.63, 3.8) is 0 Å². The molecule has 0 aliphatic heterocycles. The van der Waals surface area contributed by atoms with Gasteiger partial charge in [0, 0.05) is 18.6 Å². The van der Waals surface area contributed by atoms with E-state index in [1.165, 1.54) is 6.92 Å². The lowest BCUT2D eigenvalue weighted by molar-refractivity contribution is 0.100. The quantitative estimate of drug-likeness (QED) is 0.606. The minimum atomic E-state index is -3.68. The molecule has 0 atom stereocenters. The number of rotatable bonds is 7. The Morgan fingerprint density at radius 3 is 2.29 bits per heavy atom. The molecule has 120 valence electrons. The SMILES string of the molecule is CCS(=O)(=O)CCNc1sc(C(N)=O)c(N)c1S(C)(=O)=O. The molecule has 0 bridgehead atoms. The van der Waals surface area contributed by atoms with Gasteiger partial charge in [0.25, 0.3) is 5.91 Å². The van der Waals surface area contributed by atoms with Gasteiger partial charge < -0.3 is 16.8 Å². The molecule has 11 heteroatoms. The normalized spacial score (nSPS) is 12.3. The molecule has 1 aromatic heterocycles. The lowest BCUT2D eigenvalue weighted by Gasteiger charge is -2.06. The molecule has 1 aromatic rings. The molecule has 8 nitrogen and oxygen atoms in total. The summed E-state index contributed by atoms with van der Waals surface area (Å²) in [5, 5.41) is 2.82. The smallest absolute Gasteiger partial charge is 0.261 e. The summed E-state index contributed by atoms with van der Waals surface area (Å²) in [5.41, 5.74) is 10.6. The van der Waals surface area contributed by atoms with E-state index in [9.17, 15) is 21.6 Å². The first-order valence-electron chi connectivity index (χ1n) is 5.86. The minimum Gasteiger partial charge on any atom is -0.396 e. The highest BCUT2D eigenvalue weighted by atomic mass is 32.2. The largest absolute Gasteiger partial charge is 0.396 e. The van der Waals surface area contributed by atoms with E-state index in [-0.39, 0.29) is 38.5 Å². The van der Waals surface area contributed by atoms with Gasteiger partial charge in [-0.1, -0.05) is 6.92 Å². The van der Waals surface area contributed by atoms with E-state index >= 15 is 0 Å². The van der Waals surface area contributed by atoms with Crippen molar-refractivity contribution in [2.24, 2.45) is 5.73 Å². The number of carbonyl (C=O) groups is 1. The van der Waals surface area contributed by atoms with Crippen LogP contribution in [-0.2, 0) is 19.7 Å². The predicted octanol–water partition coefficient (Wildman–Crippen LogP) is -0.321. The third-order valence-electron chi connectivity index (χ3n) is 2.63. The number of hydrogen-bond donors (Lipinski definition) is 3. The van der Waals surface area contributed by atoms with E-state index in [4.69, 9.17) is 11.5 Å². The highest BCUT2D eigenvalue weighted by molar-refractivity contribution is 7.91. The second-order valence-corrected chi connectivity index (χ2v) is 9.75. The van der Waals surface area contributed by atoms with Crippen LogP contribution in [-0.4, -0.2) is 47.0 Å². The summed E-state index contributed by atoms with van der Waals surface area (Å²) in [7, 11) is -6.87. The van der Waals surface area contributed by atoms with Gasteiger partial charge in [0.15, 0.2) is 19.7 Å². The number of nitrogen functional groups attached to an aromatic ring is 1. The zero-order valence-electron chi connectivity index (χ0n) is 11.5. The van der Waals surface area contributed by atoms with Crippen LogP contribution in [0, 0.1) is 0 Å². The van der Waals surface area contributed by atoms with Crippen LogP contribution in [0.3, 0.4) is 0 Å². The number of nitrogens with two attached hydrogens (primary N) is 2. The second-order valence-electron chi connectivity index (χ2n) is 4.30.